The molecule has 1 heterocycles. The minimum atomic E-state index is -3.53. The van der Waals surface area contributed by atoms with Gasteiger partial charge in [0, 0.05) is 12.1 Å². The lowest BCUT2D eigenvalue weighted by molar-refractivity contribution is 0.0805. The standard InChI is InChI=1S/C13H22ClN3O2S2/c1-10-5-4-6-13(7-10,17(2)3)9-16-21(18,19)11-8-15-12(14)20-11/h8,10,16H,4-7,9H2,1-3H3. The molecular weight excluding hydrogens is 330 g/mol. The SMILES string of the molecule is CC1CCCC(CNS(=O)(=O)c2cnc(Cl)s2)(N(C)C)C1. The number of nitrogens with zero attached hydrogens (tertiary/aromatic N) is 2. The first-order valence-electron chi connectivity index (χ1n) is 7.04. The molecule has 1 saturated carbocycles. The second-order valence-corrected chi connectivity index (χ2v) is 9.68. The molecule has 1 aromatic rings. The van der Waals surface area contributed by atoms with Crippen molar-refractivity contribution < 1.29 is 8.42 Å². The van der Waals surface area contributed by atoms with Crippen LogP contribution in [0.1, 0.15) is 32.6 Å². The van der Waals surface area contributed by atoms with E-state index in [2.05, 4.69) is 21.5 Å². The summed E-state index contributed by atoms with van der Waals surface area (Å²) in [5, 5.41) is 0. The lowest BCUT2D eigenvalue weighted by atomic mass is 9.75. The van der Waals surface area contributed by atoms with Crippen molar-refractivity contribution >= 4 is 33.0 Å². The van der Waals surface area contributed by atoms with E-state index in [-0.39, 0.29) is 14.2 Å². The molecule has 0 radical (unpaired) electrons. The van der Waals surface area contributed by atoms with Crippen molar-refractivity contribution in [1.29, 1.82) is 0 Å². The summed E-state index contributed by atoms with van der Waals surface area (Å²) in [6.07, 6.45) is 5.67. The summed E-state index contributed by atoms with van der Waals surface area (Å²) in [5.74, 6) is 0.614. The topological polar surface area (TPSA) is 62.3 Å². The normalized spacial score (nSPS) is 27.2. The van der Waals surface area contributed by atoms with Gasteiger partial charge in [-0.1, -0.05) is 42.7 Å². The average molecular weight is 352 g/mol. The zero-order valence-corrected chi connectivity index (χ0v) is 15.0. The van der Waals surface area contributed by atoms with E-state index < -0.39 is 10.0 Å². The van der Waals surface area contributed by atoms with E-state index >= 15 is 0 Å². The third-order valence-electron chi connectivity index (χ3n) is 4.33. The van der Waals surface area contributed by atoms with Crippen LogP contribution in [0, 0.1) is 5.92 Å². The summed E-state index contributed by atoms with van der Waals surface area (Å²) in [6, 6.07) is 0. The van der Waals surface area contributed by atoms with Gasteiger partial charge in [-0.3, -0.25) is 0 Å². The largest absolute Gasteiger partial charge is 0.302 e. The Labute approximate surface area is 135 Å². The molecule has 1 aromatic heterocycles. The molecule has 5 nitrogen and oxygen atoms in total. The first kappa shape index (κ1) is 17.1. The van der Waals surface area contributed by atoms with Crippen LogP contribution >= 0.6 is 22.9 Å². The molecule has 1 fully saturated rings. The van der Waals surface area contributed by atoms with Gasteiger partial charge in [0.25, 0.3) is 10.0 Å². The van der Waals surface area contributed by atoms with E-state index in [1.54, 1.807) is 0 Å². The summed E-state index contributed by atoms with van der Waals surface area (Å²) in [7, 11) is 0.514. The predicted octanol–water partition coefficient (Wildman–Crippen LogP) is 2.59. The van der Waals surface area contributed by atoms with Gasteiger partial charge in [0.2, 0.25) is 0 Å². The molecule has 8 heteroatoms. The van der Waals surface area contributed by atoms with Crippen molar-refractivity contribution in [3.63, 3.8) is 0 Å². The maximum Gasteiger partial charge on any atom is 0.251 e. The van der Waals surface area contributed by atoms with Crippen LogP contribution in [0.15, 0.2) is 10.4 Å². The van der Waals surface area contributed by atoms with Crippen LogP contribution in [-0.4, -0.2) is 44.5 Å². The summed E-state index contributed by atoms with van der Waals surface area (Å²) in [5.41, 5.74) is -0.112. The van der Waals surface area contributed by atoms with Crippen molar-refractivity contribution in [1.82, 2.24) is 14.6 Å². The van der Waals surface area contributed by atoms with Gasteiger partial charge in [-0.15, -0.1) is 0 Å². The van der Waals surface area contributed by atoms with Crippen molar-refractivity contribution in [2.45, 2.75) is 42.4 Å². The number of likely N-dealkylation sites (N-methyl/N-ethyl adjacent to an activating group) is 1. The molecular formula is C13H22ClN3O2S2. The highest BCUT2D eigenvalue weighted by molar-refractivity contribution is 7.91. The van der Waals surface area contributed by atoms with Gasteiger partial charge in [0.1, 0.15) is 0 Å². The first-order valence-corrected chi connectivity index (χ1v) is 9.71. The Morgan fingerprint density at radius 1 is 1.57 bits per heavy atom. The van der Waals surface area contributed by atoms with Gasteiger partial charge in [-0.2, -0.15) is 0 Å². The second-order valence-electron chi connectivity index (χ2n) is 6.08. The number of aromatic nitrogens is 1. The number of rotatable bonds is 5. The second kappa shape index (κ2) is 6.50. The van der Waals surface area contributed by atoms with E-state index in [0.29, 0.717) is 12.5 Å². The molecule has 1 N–H and O–H groups in total. The molecule has 0 aromatic carbocycles. The number of halogens is 1. The van der Waals surface area contributed by atoms with E-state index in [4.69, 9.17) is 11.6 Å². The molecule has 2 unspecified atom stereocenters. The third-order valence-corrected chi connectivity index (χ3v) is 7.31. The molecule has 120 valence electrons. The van der Waals surface area contributed by atoms with Crippen molar-refractivity contribution in [3.05, 3.63) is 10.7 Å². The zero-order valence-electron chi connectivity index (χ0n) is 12.6. The van der Waals surface area contributed by atoms with Crippen LogP contribution in [0.2, 0.25) is 4.47 Å². The Morgan fingerprint density at radius 3 is 2.81 bits per heavy atom. The highest BCUT2D eigenvalue weighted by atomic mass is 35.5. The van der Waals surface area contributed by atoms with Gasteiger partial charge in [0.05, 0.1) is 6.20 Å². The van der Waals surface area contributed by atoms with Gasteiger partial charge in [0.15, 0.2) is 8.68 Å². The summed E-state index contributed by atoms with van der Waals surface area (Å²) in [4.78, 5) is 5.95. The minimum Gasteiger partial charge on any atom is -0.302 e. The smallest absolute Gasteiger partial charge is 0.251 e. The van der Waals surface area contributed by atoms with Crippen LogP contribution in [-0.2, 0) is 10.0 Å². The molecule has 21 heavy (non-hydrogen) atoms. The van der Waals surface area contributed by atoms with Crippen LogP contribution in [0.25, 0.3) is 0 Å². The fraction of sp³-hybridized carbons (Fsp3) is 0.769. The number of sulfonamides is 1. The Hall–Kier alpha value is -0.210. The molecule has 2 rings (SSSR count). The number of hydrogen-bond acceptors (Lipinski definition) is 5. The van der Waals surface area contributed by atoms with E-state index in [0.717, 1.165) is 30.6 Å². The van der Waals surface area contributed by atoms with Gasteiger partial charge < -0.3 is 4.90 Å². The highest BCUT2D eigenvalue weighted by Crippen LogP contribution is 2.35. The van der Waals surface area contributed by atoms with Gasteiger partial charge in [-0.05, 0) is 32.9 Å². The van der Waals surface area contributed by atoms with Crippen LogP contribution in [0.4, 0.5) is 0 Å². The molecule has 2 atom stereocenters. The third kappa shape index (κ3) is 3.96. The Kier molecular flexibility index (Phi) is 5.31. The van der Waals surface area contributed by atoms with Crippen LogP contribution < -0.4 is 4.72 Å². The lowest BCUT2D eigenvalue weighted by Gasteiger charge is -2.45. The van der Waals surface area contributed by atoms with Crippen LogP contribution in [0.5, 0.6) is 0 Å². The average Bonchev–Trinajstić information content (AvgIpc) is 2.84. The molecule has 0 bridgehead atoms. The van der Waals surface area contributed by atoms with Gasteiger partial charge in [-0.25, -0.2) is 18.1 Å². The molecule has 1 aliphatic rings. The molecule has 0 amide bonds. The number of thiazole rings is 1. The number of nitrogens with one attached hydrogen (secondary N) is 1. The number of hydrogen-bond donors (Lipinski definition) is 1. The van der Waals surface area contributed by atoms with Crippen molar-refractivity contribution in [2.24, 2.45) is 5.92 Å². The monoisotopic (exact) mass is 351 g/mol. The Morgan fingerprint density at radius 2 is 2.29 bits per heavy atom. The summed E-state index contributed by atoms with van der Waals surface area (Å²) < 4.78 is 27.8. The van der Waals surface area contributed by atoms with Crippen LogP contribution in [0.3, 0.4) is 0 Å². The Balaban J connectivity index is 2.12. The van der Waals surface area contributed by atoms with E-state index in [1.165, 1.54) is 12.6 Å². The summed E-state index contributed by atoms with van der Waals surface area (Å²) in [6.45, 7) is 2.65. The highest BCUT2D eigenvalue weighted by Gasteiger charge is 2.38. The summed E-state index contributed by atoms with van der Waals surface area (Å²) >= 11 is 6.70. The van der Waals surface area contributed by atoms with Crippen molar-refractivity contribution in [2.75, 3.05) is 20.6 Å². The van der Waals surface area contributed by atoms with Crippen molar-refractivity contribution in [3.8, 4) is 0 Å². The predicted molar refractivity (Wildman–Crippen MR) is 86.4 cm³/mol. The maximum absolute atomic E-state index is 12.3. The lowest BCUT2D eigenvalue weighted by Crippen LogP contribution is -2.54. The van der Waals surface area contributed by atoms with E-state index in [1.807, 2.05) is 14.1 Å². The van der Waals surface area contributed by atoms with Gasteiger partial charge >= 0.3 is 0 Å². The van der Waals surface area contributed by atoms with E-state index in [9.17, 15) is 8.42 Å². The first-order chi connectivity index (χ1) is 9.75. The fourth-order valence-corrected chi connectivity index (χ4v) is 5.48. The molecule has 0 saturated heterocycles. The Bertz CT molecular complexity index is 588. The molecule has 1 aliphatic carbocycles. The molecule has 0 aliphatic heterocycles. The molecule has 0 spiro atoms. The minimum absolute atomic E-state index is 0.112. The quantitative estimate of drug-likeness (QED) is 0.885. The fourth-order valence-electron chi connectivity index (χ4n) is 3.02. The maximum atomic E-state index is 12.3. The zero-order chi connectivity index (χ0) is 15.7.